The molecule has 110 heavy (non-hydrogen) atoms. The van der Waals surface area contributed by atoms with Crippen LogP contribution in [0, 0.1) is 17.8 Å². The van der Waals surface area contributed by atoms with Crippen LogP contribution in [0.2, 0.25) is 0 Å². The van der Waals surface area contributed by atoms with Crippen LogP contribution in [0.5, 0.6) is 0 Å². The second-order valence-corrected chi connectivity index (χ2v) is 30.5. The average Bonchev–Trinajstić information content (AvgIpc) is 0.828. The third-order valence-corrected chi connectivity index (χ3v) is 19.7. The lowest BCUT2D eigenvalue weighted by Gasteiger charge is -2.42. The molecule has 31 nitrogen and oxygen atoms in total. The monoisotopic (exact) mass is 1580 g/mol. The van der Waals surface area contributed by atoms with E-state index < -0.39 is 123 Å². The third-order valence-electron chi connectivity index (χ3n) is 19.7. The number of rotatable bonds is 63. The number of carbonyl (C=O) groups is 9. The first-order chi connectivity index (χ1) is 52.7. The highest BCUT2D eigenvalue weighted by molar-refractivity contribution is 5.88. The molecular weight excluding hydrogens is 1430 g/mol. The molecule has 0 spiro atoms. The van der Waals surface area contributed by atoms with Crippen LogP contribution in [-0.4, -0.2) is 282 Å². The Morgan fingerprint density at radius 3 is 1.12 bits per heavy atom. The SMILES string of the molecule is CC(C)C.COCCCCCCCC(=O)CCCC(=O)NCCCCC(C(=O)CCCCNC(=O)CCCCCO[C@@H]1OC(CO)[C@H](O)[C@H](O)C1C)N(CC(=O)CCCCNC(=O)CCCCCO[C@@H]1OC(CO)[C@H](O)[C@H](O)C1C)CC(=O)CCCCNC(=O)CCCCCO[C@@H]1OC(CO)[C@H](O)[C@H](O)C1NC(C)=O. The summed E-state index contributed by atoms with van der Waals surface area (Å²) in [6.45, 7) is 11.9. The van der Waals surface area contributed by atoms with Crippen molar-refractivity contribution in [2.45, 2.75) is 339 Å². The maximum Gasteiger partial charge on any atom is 0.220 e. The van der Waals surface area contributed by atoms with Gasteiger partial charge in [-0.3, -0.25) is 48.1 Å². The number of Topliss-reactive ketones (excluding diaryl/α,β-unsaturated/α-hetero) is 4. The molecule has 3 heterocycles. The lowest BCUT2D eigenvalue weighted by atomic mass is 9.92. The molecule has 0 aliphatic carbocycles. The number of amides is 5. The molecule has 3 aliphatic rings. The lowest BCUT2D eigenvalue weighted by molar-refractivity contribution is -0.282. The minimum absolute atomic E-state index is 0.0955. The molecular formula is C79H144N6O25. The number of carbonyl (C=O) groups excluding carboxylic acids is 9. The number of methoxy groups -OCH3 is 1. The number of aliphatic hydroxyl groups is 9. The Bertz CT molecular complexity index is 2520. The van der Waals surface area contributed by atoms with Crippen molar-refractivity contribution in [3.8, 4) is 0 Å². The van der Waals surface area contributed by atoms with Crippen LogP contribution in [0.15, 0.2) is 0 Å². The summed E-state index contributed by atoms with van der Waals surface area (Å²) in [6.07, 6.45) is 3.28. The molecule has 14 N–H and O–H groups in total. The van der Waals surface area contributed by atoms with E-state index >= 15 is 0 Å². The van der Waals surface area contributed by atoms with Gasteiger partial charge in [0, 0.05) is 136 Å². The Morgan fingerprint density at radius 1 is 0.382 bits per heavy atom. The first kappa shape index (κ1) is 101. The van der Waals surface area contributed by atoms with E-state index in [9.17, 15) is 89.1 Å². The molecule has 0 saturated carbocycles. The quantitative estimate of drug-likeness (QED) is 0.0386. The Kier molecular flexibility index (Phi) is 56.9. The van der Waals surface area contributed by atoms with Crippen LogP contribution in [0.3, 0.4) is 0 Å². The largest absolute Gasteiger partial charge is 0.394 e. The summed E-state index contributed by atoms with van der Waals surface area (Å²) in [6, 6.07) is -1.91. The van der Waals surface area contributed by atoms with Gasteiger partial charge in [-0.05, 0) is 121 Å². The summed E-state index contributed by atoms with van der Waals surface area (Å²) in [5.41, 5.74) is 0. The summed E-state index contributed by atoms with van der Waals surface area (Å²) in [5.74, 6) is -1.81. The minimum Gasteiger partial charge on any atom is -0.394 e. The van der Waals surface area contributed by atoms with E-state index in [0.717, 1.165) is 44.6 Å². The summed E-state index contributed by atoms with van der Waals surface area (Å²) >= 11 is 0. The minimum atomic E-state index is -1.44. The number of hydrogen-bond acceptors (Lipinski definition) is 26. The van der Waals surface area contributed by atoms with Crippen molar-refractivity contribution < 1.29 is 122 Å². The number of nitrogens with zero attached hydrogens (tertiary/aromatic N) is 1. The van der Waals surface area contributed by atoms with Crippen LogP contribution < -0.4 is 26.6 Å². The molecule has 0 aromatic heterocycles. The normalized spacial score (nSPS) is 24.3. The Labute approximate surface area is 653 Å². The molecule has 0 radical (unpaired) electrons. The smallest absolute Gasteiger partial charge is 0.220 e. The van der Waals surface area contributed by atoms with Crippen LogP contribution in [-0.2, 0) is 76.3 Å². The molecule has 3 saturated heterocycles. The zero-order chi connectivity index (χ0) is 81.6. The fraction of sp³-hybridized carbons (Fsp3) is 0.886. The third kappa shape index (κ3) is 44.9. The fourth-order valence-electron chi connectivity index (χ4n) is 13.0. The van der Waals surface area contributed by atoms with Crippen molar-refractivity contribution in [2.24, 2.45) is 17.8 Å². The van der Waals surface area contributed by atoms with Crippen LogP contribution in [0.1, 0.15) is 253 Å². The first-order valence-electron chi connectivity index (χ1n) is 41.1. The van der Waals surface area contributed by atoms with Gasteiger partial charge in [-0.25, -0.2) is 0 Å². The van der Waals surface area contributed by atoms with Gasteiger partial charge in [-0.15, -0.1) is 0 Å². The van der Waals surface area contributed by atoms with E-state index in [4.69, 9.17) is 33.2 Å². The zero-order valence-electron chi connectivity index (χ0n) is 67.3. The predicted molar refractivity (Wildman–Crippen MR) is 409 cm³/mol. The molecule has 31 heteroatoms. The van der Waals surface area contributed by atoms with Gasteiger partial charge in [0.15, 0.2) is 18.9 Å². The Hall–Kier alpha value is -4.65. The van der Waals surface area contributed by atoms with Gasteiger partial charge >= 0.3 is 0 Å². The maximum absolute atomic E-state index is 14.5. The van der Waals surface area contributed by atoms with Gasteiger partial charge in [0.25, 0.3) is 0 Å². The lowest BCUT2D eigenvalue weighted by Crippen LogP contribution is -2.64. The maximum atomic E-state index is 14.5. The van der Waals surface area contributed by atoms with E-state index in [2.05, 4.69) is 47.4 Å². The fourth-order valence-corrected chi connectivity index (χ4v) is 13.0. The Morgan fingerprint density at radius 2 is 0.700 bits per heavy atom. The molecule has 3 fully saturated rings. The van der Waals surface area contributed by atoms with Crippen molar-refractivity contribution in [3.05, 3.63) is 0 Å². The van der Waals surface area contributed by atoms with Gasteiger partial charge in [-0.1, -0.05) is 73.1 Å². The van der Waals surface area contributed by atoms with Gasteiger partial charge < -0.3 is 106 Å². The van der Waals surface area contributed by atoms with Gasteiger partial charge in [-0.2, -0.15) is 0 Å². The average molecular weight is 1580 g/mol. The van der Waals surface area contributed by atoms with Crippen LogP contribution >= 0.6 is 0 Å². The summed E-state index contributed by atoms with van der Waals surface area (Å²) in [7, 11) is 1.68. The number of ether oxygens (including phenoxy) is 7. The molecule has 16 atom stereocenters. The second-order valence-electron chi connectivity index (χ2n) is 30.5. The van der Waals surface area contributed by atoms with E-state index in [1.165, 1.54) is 6.92 Å². The molecule has 3 rings (SSSR count). The molecule has 0 aromatic carbocycles. The first-order valence-corrected chi connectivity index (χ1v) is 41.1. The number of hydrogen-bond donors (Lipinski definition) is 14. The van der Waals surface area contributed by atoms with Crippen molar-refractivity contribution in [2.75, 3.05) is 92.6 Å². The Balaban J connectivity index is 0.0000100. The van der Waals surface area contributed by atoms with Gasteiger partial charge in [0.1, 0.15) is 71.9 Å². The van der Waals surface area contributed by atoms with E-state index in [-0.39, 0.29) is 131 Å². The molecule has 0 bridgehead atoms. The van der Waals surface area contributed by atoms with Crippen molar-refractivity contribution >= 4 is 52.7 Å². The summed E-state index contributed by atoms with van der Waals surface area (Å²) < 4.78 is 39.3. The highest BCUT2D eigenvalue weighted by atomic mass is 16.7. The molecule has 5 amide bonds. The number of aliphatic hydroxyl groups excluding tert-OH is 9. The molecule has 7 unspecified atom stereocenters. The summed E-state index contributed by atoms with van der Waals surface area (Å²) in [4.78, 5) is 120. The van der Waals surface area contributed by atoms with E-state index in [1.807, 2.05) is 0 Å². The van der Waals surface area contributed by atoms with E-state index in [0.29, 0.717) is 155 Å². The second kappa shape index (κ2) is 61.8. The molecule has 3 aliphatic heterocycles. The van der Waals surface area contributed by atoms with E-state index in [1.54, 1.807) is 25.9 Å². The number of unbranched alkanes of at least 4 members (excludes halogenated alkanes) is 14. The number of nitrogens with one attached hydrogen (secondary N) is 5. The molecule has 640 valence electrons. The van der Waals surface area contributed by atoms with Crippen molar-refractivity contribution in [3.63, 3.8) is 0 Å². The summed E-state index contributed by atoms with van der Waals surface area (Å²) in [5, 5.41) is 105. The number of ketones is 4. The topological polar surface area (TPSA) is 464 Å². The highest BCUT2D eigenvalue weighted by Gasteiger charge is 2.46. The standard InChI is InChI=1S/C75H134N6O25.C4H10/c1-51-67(94)69(96)59(48-82)104-73(51)101-43-24-8-12-34-62(90)76-38-19-15-29-55(87)46-81(47-56(88)30-16-20-39-77-63(91)36-14-10-26-45-103-75-66(80-53(3)85)72(99)71(98)61(50-84)106-75)57(32-17-21-40-79-65(93)37-27-31-54(86)28-11-6-5-7-23-42-100-4)58(89)33-18-22-41-78-64(92)35-13-9-25-44-102-74-52(2)68(95)70(97)60(49-83)105-74;1-4(2)3/h51-52,57,59-61,66-75,82-84,94-99H,5-50H2,1-4H3,(H,76,90)(H,77,91)(H,78,92)(H,79,93)(H,80,85);4H,1-3H3/t51?,52?,57?,59?,60?,61?,66?,67-,68-,69+,70+,71+,72-,73-,74-,75-;/m1./s1. The van der Waals surface area contributed by atoms with Crippen molar-refractivity contribution in [1.82, 2.24) is 31.5 Å². The molecule has 0 aromatic rings. The van der Waals surface area contributed by atoms with Crippen LogP contribution in [0.4, 0.5) is 0 Å². The van der Waals surface area contributed by atoms with Crippen molar-refractivity contribution in [1.29, 1.82) is 0 Å². The van der Waals surface area contributed by atoms with Crippen LogP contribution in [0.25, 0.3) is 0 Å². The predicted octanol–water partition coefficient (Wildman–Crippen LogP) is 3.72. The highest BCUT2D eigenvalue weighted by Crippen LogP contribution is 2.29. The van der Waals surface area contributed by atoms with Gasteiger partial charge in [0.05, 0.1) is 51.2 Å². The zero-order valence-corrected chi connectivity index (χ0v) is 67.3. The van der Waals surface area contributed by atoms with Gasteiger partial charge in [0.2, 0.25) is 29.5 Å².